The van der Waals surface area contributed by atoms with Crippen LogP contribution in [0, 0.1) is 5.41 Å². The summed E-state index contributed by atoms with van der Waals surface area (Å²) in [6.45, 7) is 8.73. The van der Waals surface area contributed by atoms with Crippen molar-refractivity contribution < 1.29 is 8.42 Å². The molecule has 0 atom stereocenters. The summed E-state index contributed by atoms with van der Waals surface area (Å²) in [6.07, 6.45) is 2.17. The van der Waals surface area contributed by atoms with E-state index >= 15 is 0 Å². The van der Waals surface area contributed by atoms with E-state index in [4.69, 9.17) is 0 Å². The van der Waals surface area contributed by atoms with Crippen LogP contribution in [0.3, 0.4) is 0 Å². The predicted molar refractivity (Wildman–Crippen MR) is 105 cm³/mol. The van der Waals surface area contributed by atoms with E-state index in [0.717, 1.165) is 23.1 Å². The highest BCUT2D eigenvalue weighted by Crippen LogP contribution is 2.27. The third-order valence-corrected chi connectivity index (χ3v) is 4.90. The average Bonchev–Trinajstić information content (AvgIpc) is 2.51. The molecule has 0 bridgehead atoms. The Hall–Kier alpha value is -2.09. The molecule has 0 N–H and O–H groups in total. The van der Waals surface area contributed by atoms with Gasteiger partial charge < -0.3 is 0 Å². The summed E-state index contributed by atoms with van der Waals surface area (Å²) in [5, 5.41) is 0. The largest absolute Gasteiger partial charge is 0.224 e. The third-order valence-electron chi connectivity index (χ3n) is 3.77. The molecule has 0 aliphatic heterocycles. The molecule has 0 saturated carbocycles. The lowest BCUT2D eigenvalue weighted by atomic mass is 9.88. The quantitative estimate of drug-likeness (QED) is 0.679. The molecule has 2 aromatic carbocycles. The zero-order valence-electron chi connectivity index (χ0n) is 15.6. The number of sulfone groups is 1. The summed E-state index contributed by atoms with van der Waals surface area (Å²) < 4.78 is 23.4. The van der Waals surface area contributed by atoms with Crippen LogP contribution in [-0.2, 0) is 9.84 Å². The first kappa shape index (κ1) is 19.2. The van der Waals surface area contributed by atoms with Crippen LogP contribution >= 0.6 is 0 Å². The van der Waals surface area contributed by atoms with Crippen molar-refractivity contribution in [3.05, 3.63) is 77.0 Å². The molecule has 0 aliphatic carbocycles. The van der Waals surface area contributed by atoms with E-state index in [0.29, 0.717) is 4.90 Å². The van der Waals surface area contributed by atoms with Gasteiger partial charge in [-0.05, 0) is 47.6 Å². The maximum Gasteiger partial charge on any atom is 0.175 e. The van der Waals surface area contributed by atoms with Gasteiger partial charge in [0.25, 0.3) is 0 Å². The second-order valence-corrected chi connectivity index (χ2v) is 9.70. The van der Waals surface area contributed by atoms with Gasteiger partial charge in [0.15, 0.2) is 9.84 Å². The topological polar surface area (TPSA) is 34.1 Å². The molecule has 0 heterocycles. The molecule has 0 unspecified atom stereocenters. The first-order valence-electron chi connectivity index (χ1n) is 8.38. The zero-order valence-corrected chi connectivity index (χ0v) is 16.4. The van der Waals surface area contributed by atoms with Gasteiger partial charge in [-0.3, -0.25) is 0 Å². The van der Waals surface area contributed by atoms with Crippen molar-refractivity contribution in [3.63, 3.8) is 0 Å². The monoisotopic (exact) mass is 354 g/mol. The van der Waals surface area contributed by atoms with Gasteiger partial charge in [-0.25, -0.2) is 8.42 Å². The summed E-state index contributed by atoms with van der Waals surface area (Å²) in [5.74, 6) is 0. The summed E-state index contributed by atoms with van der Waals surface area (Å²) >= 11 is 0. The van der Waals surface area contributed by atoms with Crippen molar-refractivity contribution in [1.29, 1.82) is 0 Å². The summed E-state index contributed by atoms with van der Waals surface area (Å²) in [4.78, 5) is 0.332. The number of hydrogen-bond acceptors (Lipinski definition) is 2. The van der Waals surface area contributed by atoms with Crippen LogP contribution in [0.2, 0.25) is 0 Å². The molecule has 0 amide bonds. The molecular weight excluding hydrogens is 328 g/mol. The second kappa shape index (κ2) is 7.43. The summed E-state index contributed by atoms with van der Waals surface area (Å²) in [5.41, 5.74) is 7.95. The Morgan fingerprint density at radius 1 is 0.920 bits per heavy atom. The first-order chi connectivity index (χ1) is 11.6. The van der Waals surface area contributed by atoms with Crippen LogP contribution < -0.4 is 0 Å². The standard InChI is InChI=1S/C22H26O2S/c1-17(16-22(2,3)4)15-21(18-9-7-6-8-10-18)19-11-13-20(14-12-19)25(5,23)24/h6-14H,16H2,1-5H3. The molecule has 2 nitrogen and oxygen atoms in total. The van der Waals surface area contributed by atoms with Crippen LogP contribution in [0.5, 0.6) is 0 Å². The molecule has 0 fully saturated rings. The fourth-order valence-electron chi connectivity index (χ4n) is 2.84. The van der Waals surface area contributed by atoms with Crippen molar-refractivity contribution in [3.8, 4) is 0 Å². The molecule has 132 valence electrons. The van der Waals surface area contributed by atoms with E-state index in [1.54, 1.807) is 12.1 Å². The zero-order chi connectivity index (χ0) is 18.7. The van der Waals surface area contributed by atoms with E-state index in [1.165, 1.54) is 11.8 Å². The molecule has 0 saturated heterocycles. The fraction of sp³-hybridized carbons (Fsp3) is 0.318. The van der Waals surface area contributed by atoms with Gasteiger partial charge in [0.05, 0.1) is 4.90 Å². The third kappa shape index (κ3) is 5.74. The number of benzene rings is 2. The lowest BCUT2D eigenvalue weighted by Gasteiger charge is -2.17. The van der Waals surface area contributed by atoms with Crippen molar-refractivity contribution in [2.75, 3.05) is 6.26 Å². The van der Waals surface area contributed by atoms with E-state index in [1.807, 2.05) is 30.3 Å². The Kier molecular flexibility index (Phi) is 5.72. The number of hydrogen-bond donors (Lipinski definition) is 0. The Morgan fingerprint density at radius 2 is 1.44 bits per heavy atom. The van der Waals surface area contributed by atoms with Crippen LogP contribution in [-0.4, -0.2) is 14.7 Å². The predicted octanol–water partition coefficient (Wildman–Crippen LogP) is 5.50. The Bertz CT molecular complexity index is 891. The van der Waals surface area contributed by atoms with Crippen molar-refractivity contribution in [2.24, 2.45) is 5.41 Å². The van der Waals surface area contributed by atoms with Gasteiger partial charge in [-0.2, -0.15) is 0 Å². The Morgan fingerprint density at radius 3 is 1.92 bits per heavy atom. The van der Waals surface area contributed by atoms with Crippen molar-refractivity contribution in [1.82, 2.24) is 0 Å². The highest BCUT2D eigenvalue weighted by Gasteiger charge is 2.12. The highest BCUT2D eigenvalue weighted by molar-refractivity contribution is 7.90. The van der Waals surface area contributed by atoms with Gasteiger partial charge >= 0.3 is 0 Å². The molecular formula is C22H26O2S. The molecule has 0 aliphatic rings. The van der Waals surface area contributed by atoms with E-state index in [-0.39, 0.29) is 5.41 Å². The second-order valence-electron chi connectivity index (χ2n) is 7.68. The smallest absolute Gasteiger partial charge is 0.175 e. The first-order valence-corrected chi connectivity index (χ1v) is 10.3. The Balaban J connectivity index is 2.59. The molecule has 25 heavy (non-hydrogen) atoms. The van der Waals surface area contributed by atoms with Gasteiger partial charge in [-0.1, -0.05) is 63.2 Å². The normalized spacial score (nSPS) is 11.7. The molecule has 3 heteroatoms. The van der Waals surface area contributed by atoms with E-state index in [9.17, 15) is 8.42 Å². The SMILES string of the molecule is CC(=C=C(c1ccccc1)c1ccc(S(C)(=O)=O)cc1)CC(C)(C)C. The fourth-order valence-corrected chi connectivity index (χ4v) is 3.47. The van der Waals surface area contributed by atoms with Crippen LogP contribution in [0.15, 0.2) is 70.8 Å². The van der Waals surface area contributed by atoms with Gasteiger partial charge in [0.1, 0.15) is 0 Å². The van der Waals surface area contributed by atoms with Gasteiger partial charge in [0, 0.05) is 11.8 Å². The average molecular weight is 355 g/mol. The van der Waals surface area contributed by atoms with Crippen LogP contribution in [0.25, 0.3) is 5.57 Å². The van der Waals surface area contributed by atoms with E-state index < -0.39 is 9.84 Å². The lowest BCUT2D eigenvalue weighted by molar-refractivity contribution is 0.410. The minimum Gasteiger partial charge on any atom is -0.224 e. The van der Waals surface area contributed by atoms with Gasteiger partial charge in [-0.15, -0.1) is 5.73 Å². The molecule has 0 aromatic heterocycles. The summed E-state index contributed by atoms with van der Waals surface area (Å²) in [7, 11) is -3.19. The maximum absolute atomic E-state index is 11.7. The molecule has 0 radical (unpaired) electrons. The van der Waals surface area contributed by atoms with E-state index in [2.05, 4.69) is 45.6 Å². The van der Waals surface area contributed by atoms with Crippen LogP contribution in [0.1, 0.15) is 45.2 Å². The minimum atomic E-state index is -3.19. The Labute approximate surface area is 151 Å². The summed E-state index contributed by atoms with van der Waals surface area (Å²) in [6, 6.07) is 17.1. The molecule has 0 spiro atoms. The highest BCUT2D eigenvalue weighted by atomic mass is 32.2. The van der Waals surface area contributed by atoms with Crippen LogP contribution in [0.4, 0.5) is 0 Å². The van der Waals surface area contributed by atoms with Gasteiger partial charge in [0.2, 0.25) is 0 Å². The minimum absolute atomic E-state index is 0.193. The maximum atomic E-state index is 11.7. The molecule has 2 aromatic rings. The lowest BCUT2D eigenvalue weighted by Crippen LogP contribution is -2.04. The number of allylic oxidation sites excluding steroid dienone is 1. The molecule has 2 rings (SSSR count). The number of rotatable bonds is 4. The van der Waals surface area contributed by atoms with Crippen molar-refractivity contribution >= 4 is 15.4 Å². The van der Waals surface area contributed by atoms with Crippen molar-refractivity contribution in [2.45, 2.75) is 39.0 Å².